The monoisotopic (exact) mass is 361 g/mol. The fourth-order valence-corrected chi connectivity index (χ4v) is 4.36. The first-order chi connectivity index (χ1) is 13.1. The summed E-state index contributed by atoms with van der Waals surface area (Å²) in [6.45, 7) is 2.55. The van der Waals surface area contributed by atoms with E-state index in [0.29, 0.717) is 12.5 Å². The summed E-state index contributed by atoms with van der Waals surface area (Å²) in [7, 11) is 2.03. The molecule has 1 heterocycles. The van der Waals surface area contributed by atoms with Crippen LogP contribution in [0, 0.1) is 12.8 Å². The molecule has 1 N–H and O–H groups in total. The summed E-state index contributed by atoms with van der Waals surface area (Å²) >= 11 is 0. The lowest BCUT2D eigenvalue weighted by Gasteiger charge is -2.23. The summed E-state index contributed by atoms with van der Waals surface area (Å²) in [4.78, 5) is 17.7. The Hall–Kier alpha value is -2.62. The molecule has 1 aromatic heterocycles. The molecule has 0 unspecified atom stereocenters. The molecule has 0 radical (unpaired) electrons. The maximum absolute atomic E-state index is 13.1. The van der Waals surface area contributed by atoms with E-state index in [9.17, 15) is 4.79 Å². The zero-order chi connectivity index (χ0) is 18.8. The Morgan fingerprint density at radius 1 is 1.19 bits per heavy atom. The topological polar surface area (TPSA) is 46.9 Å². The lowest BCUT2D eigenvalue weighted by molar-refractivity contribution is -0.123. The fourth-order valence-electron chi connectivity index (χ4n) is 4.36. The highest BCUT2D eigenvalue weighted by Gasteiger charge is 2.31. The molecule has 1 fully saturated rings. The van der Waals surface area contributed by atoms with Crippen LogP contribution in [0.4, 0.5) is 0 Å². The Labute approximate surface area is 160 Å². The number of hydrogen-bond acceptors (Lipinski definition) is 2. The summed E-state index contributed by atoms with van der Waals surface area (Å²) in [5.74, 6) is 1.55. The van der Waals surface area contributed by atoms with Gasteiger partial charge in [-0.15, -0.1) is 0 Å². The average molecular weight is 361 g/mol. The third-order valence-corrected chi connectivity index (χ3v) is 5.95. The molecule has 4 rings (SSSR count). The van der Waals surface area contributed by atoms with Gasteiger partial charge >= 0.3 is 0 Å². The van der Waals surface area contributed by atoms with Crippen LogP contribution in [0.2, 0.25) is 0 Å². The van der Waals surface area contributed by atoms with Crippen molar-refractivity contribution in [3.8, 4) is 0 Å². The number of hydrogen-bond donors (Lipinski definition) is 1. The van der Waals surface area contributed by atoms with Crippen molar-refractivity contribution in [2.45, 2.75) is 45.1 Å². The average Bonchev–Trinajstić information content (AvgIpc) is 3.30. The summed E-state index contributed by atoms with van der Waals surface area (Å²) in [5, 5.41) is 3.19. The number of benzene rings is 2. The smallest absolute Gasteiger partial charge is 0.228 e. The minimum atomic E-state index is -0.0467. The number of nitrogens with one attached hydrogen (secondary N) is 1. The summed E-state index contributed by atoms with van der Waals surface area (Å²) in [6, 6.07) is 16.5. The highest BCUT2D eigenvalue weighted by molar-refractivity contribution is 5.84. The van der Waals surface area contributed by atoms with Crippen LogP contribution in [0.15, 0.2) is 48.5 Å². The molecule has 27 heavy (non-hydrogen) atoms. The molecule has 1 aliphatic rings. The Bertz CT molecular complexity index is 939. The number of imidazole rings is 1. The Balaban J connectivity index is 1.51. The molecule has 140 valence electrons. The van der Waals surface area contributed by atoms with Crippen LogP contribution in [-0.2, 0) is 18.4 Å². The Morgan fingerprint density at radius 2 is 1.93 bits per heavy atom. The van der Waals surface area contributed by atoms with Crippen molar-refractivity contribution >= 4 is 16.9 Å². The van der Waals surface area contributed by atoms with Gasteiger partial charge in [0.05, 0.1) is 17.0 Å². The van der Waals surface area contributed by atoms with Gasteiger partial charge in [0.1, 0.15) is 5.82 Å². The third-order valence-electron chi connectivity index (χ3n) is 5.95. The normalized spacial score (nSPS) is 15.9. The molecular formula is C23H27N3O. The van der Waals surface area contributed by atoms with Crippen LogP contribution >= 0.6 is 0 Å². The minimum absolute atomic E-state index is 0.0467. The molecule has 4 nitrogen and oxygen atoms in total. The van der Waals surface area contributed by atoms with Gasteiger partial charge in [0.25, 0.3) is 0 Å². The Morgan fingerprint density at radius 3 is 2.67 bits per heavy atom. The van der Waals surface area contributed by atoms with Crippen LogP contribution in [0.5, 0.6) is 0 Å². The van der Waals surface area contributed by atoms with E-state index in [2.05, 4.69) is 45.2 Å². The first-order valence-corrected chi connectivity index (χ1v) is 9.88. The van der Waals surface area contributed by atoms with Gasteiger partial charge < -0.3 is 9.88 Å². The molecule has 4 heteroatoms. The van der Waals surface area contributed by atoms with Gasteiger partial charge in [0.2, 0.25) is 5.91 Å². The summed E-state index contributed by atoms with van der Waals surface area (Å²) in [6.07, 6.45) is 4.76. The van der Waals surface area contributed by atoms with Crippen molar-refractivity contribution in [3.05, 3.63) is 65.5 Å². The van der Waals surface area contributed by atoms with Crippen LogP contribution in [0.1, 0.15) is 48.6 Å². The minimum Gasteiger partial charge on any atom is -0.351 e. The quantitative estimate of drug-likeness (QED) is 0.729. The number of aryl methyl sites for hydroxylation is 2. The van der Waals surface area contributed by atoms with Gasteiger partial charge in [-0.3, -0.25) is 4.79 Å². The third kappa shape index (κ3) is 3.61. The molecule has 0 saturated heterocycles. The SMILES string of the molecule is Cc1nc2cc(CNC(=O)[C@@H](c3ccccc3)C3CCCC3)ccc2n1C. The molecule has 2 aromatic carbocycles. The van der Waals surface area contributed by atoms with E-state index in [0.717, 1.165) is 40.8 Å². The highest BCUT2D eigenvalue weighted by atomic mass is 16.1. The van der Waals surface area contributed by atoms with Gasteiger partial charge in [-0.05, 0) is 48.9 Å². The maximum Gasteiger partial charge on any atom is 0.228 e. The van der Waals surface area contributed by atoms with Crippen molar-refractivity contribution in [2.75, 3.05) is 0 Å². The highest BCUT2D eigenvalue weighted by Crippen LogP contribution is 2.37. The standard InChI is InChI=1S/C23H27N3O/c1-16-25-20-14-17(12-13-21(20)26(16)2)15-24-23(27)22(19-10-6-7-11-19)18-8-4-3-5-9-18/h3-5,8-9,12-14,19,22H,6-7,10-11,15H2,1-2H3,(H,24,27)/t22-/m0/s1. The van der Waals surface area contributed by atoms with Gasteiger partial charge in [0, 0.05) is 13.6 Å². The molecule has 3 aromatic rings. The molecule has 1 saturated carbocycles. The van der Waals surface area contributed by atoms with Crippen LogP contribution < -0.4 is 5.32 Å². The number of carbonyl (C=O) groups is 1. The zero-order valence-corrected chi connectivity index (χ0v) is 16.1. The van der Waals surface area contributed by atoms with Gasteiger partial charge in [-0.25, -0.2) is 4.98 Å². The molecule has 0 spiro atoms. The van der Waals surface area contributed by atoms with E-state index in [1.165, 1.54) is 12.8 Å². The second-order valence-corrected chi connectivity index (χ2v) is 7.69. The van der Waals surface area contributed by atoms with Crippen molar-refractivity contribution in [1.29, 1.82) is 0 Å². The van der Waals surface area contributed by atoms with Gasteiger partial charge in [0.15, 0.2) is 0 Å². The van der Waals surface area contributed by atoms with Crippen molar-refractivity contribution in [1.82, 2.24) is 14.9 Å². The second-order valence-electron chi connectivity index (χ2n) is 7.69. The molecule has 1 aliphatic carbocycles. The van der Waals surface area contributed by atoms with E-state index in [1.807, 2.05) is 32.2 Å². The Kier molecular flexibility index (Phi) is 4.97. The second kappa shape index (κ2) is 7.55. The maximum atomic E-state index is 13.1. The lowest BCUT2D eigenvalue weighted by atomic mass is 9.84. The van der Waals surface area contributed by atoms with E-state index >= 15 is 0 Å². The van der Waals surface area contributed by atoms with E-state index in [1.54, 1.807) is 0 Å². The lowest BCUT2D eigenvalue weighted by Crippen LogP contribution is -2.32. The van der Waals surface area contributed by atoms with Crippen LogP contribution in [0.25, 0.3) is 11.0 Å². The van der Waals surface area contributed by atoms with E-state index in [4.69, 9.17) is 0 Å². The number of carbonyl (C=O) groups excluding carboxylic acids is 1. The zero-order valence-electron chi connectivity index (χ0n) is 16.1. The summed E-state index contributed by atoms with van der Waals surface area (Å²) < 4.78 is 2.09. The van der Waals surface area contributed by atoms with Crippen LogP contribution in [-0.4, -0.2) is 15.5 Å². The van der Waals surface area contributed by atoms with Crippen LogP contribution in [0.3, 0.4) is 0 Å². The number of aromatic nitrogens is 2. The number of fused-ring (bicyclic) bond motifs is 1. The predicted octanol–water partition coefficient (Wildman–Crippen LogP) is 4.47. The molecule has 0 bridgehead atoms. The van der Waals surface area contributed by atoms with Gasteiger partial charge in [-0.1, -0.05) is 49.2 Å². The van der Waals surface area contributed by atoms with Gasteiger partial charge in [-0.2, -0.15) is 0 Å². The predicted molar refractivity (Wildman–Crippen MR) is 108 cm³/mol. The molecule has 0 aliphatic heterocycles. The molecule has 1 atom stereocenters. The molecular weight excluding hydrogens is 334 g/mol. The molecule has 1 amide bonds. The van der Waals surface area contributed by atoms with Crippen molar-refractivity contribution in [3.63, 3.8) is 0 Å². The first kappa shape index (κ1) is 17.8. The van der Waals surface area contributed by atoms with Crippen molar-refractivity contribution in [2.24, 2.45) is 13.0 Å². The van der Waals surface area contributed by atoms with Crippen molar-refractivity contribution < 1.29 is 4.79 Å². The number of nitrogens with zero attached hydrogens (tertiary/aromatic N) is 2. The largest absolute Gasteiger partial charge is 0.351 e. The van der Waals surface area contributed by atoms with E-state index in [-0.39, 0.29) is 11.8 Å². The summed E-state index contributed by atoms with van der Waals surface area (Å²) in [5.41, 5.74) is 4.33. The number of rotatable bonds is 5. The van der Waals surface area contributed by atoms with E-state index < -0.39 is 0 Å². The number of amides is 1. The fraction of sp³-hybridized carbons (Fsp3) is 0.391. The first-order valence-electron chi connectivity index (χ1n) is 9.88.